The Morgan fingerprint density at radius 2 is 2.09 bits per heavy atom. The third-order valence-corrected chi connectivity index (χ3v) is 7.52. The number of aromatic nitrogens is 2. The summed E-state index contributed by atoms with van der Waals surface area (Å²) >= 11 is 2.60. The molecule has 0 radical (unpaired) electrons. The molecule has 13 heteroatoms. The second-order valence-electron chi connectivity index (χ2n) is 7.34. The molecule has 1 saturated heterocycles. The Hall–Kier alpha value is -3.03. The first-order valence-electron chi connectivity index (χ1n) is 9.66. The van der Waals surface area contributed by atoms with Gasteiger partial charge < -0.3 is 5.11 Å². The Labute approximate surface area is 197 Å². The van der Waals surface area contributed by atoms with Crippen LogP contribution in [0.1, 0.15) is 16.2 Å². The Morgan fingerprint density at radius 3 is 2.73 bits per heavy atom. The third kappa shape index (κ3) is 5.15. The van der Waals surface area contributed by atoms with Crippen molar-refractivity contribution in [3.8, 4) is 11.3 Å². The number of nitrogens with zero attached hydrogens (tertiary/aromatic N) is 3. The smallest absolute Gasteiger partial charge is 0.352 e. The summed E-state index contributed by atoms with van der Waals surface area (Å²) in [5.74, 6) is -1.50. The molecular weight excluding hydrogens is 488 g/mol. The average Bonchev–Trinajstić information content (AvgIpc) is 3.23. The average molecular weight is 508 g/mol. The number of rotatable bonds is 7. The van der Waals surface area contributed by atoms with Crippen LogP contribution < -0.4 is 9.29 Å². The number of thiazole rings is 1. The lowest BCUT2D eigenvalue weighted by Crippen LogP contribution is -2.53. The van der Waals surface area contributed by atoms with Gasteiger partial charge in [-0.2, -0.15) is 0 Å². The van der Waals surface area contributed by atoms with Crippen molar-refractivity contribution in [3.63, 3.8) is 0 Å². The van der Waals surface area contributed by atoms with Crippen molar-refractivity contribution in [2.75, 3.05) is 12.0 Å². The molecule has 4 heterocycles. The number of amides is 2. The van der Waals surface area contributed by atoms with Crippen molar-refractivity contribution in [2.24, 2.45) is 0 Å². The fourth-order valence-corrected chi connectivity index (χ4v) is 5.81. The van der Waals surface area contributed by atoms with Gasteiger partial charge in [0.05, 0.1) is 23.7 Å². The second kappa shape index (κ2) is 9.08. The van der Waals surface area contributed by atoms with Gasteiger partial charge in [-0.1, -0.05) is 6.08 Å². The van der Waals surface area contributed by atoms with Crippen LogP contribution in [0.25, 0.3) is 11.3 Å². The molecule has 2 aromatic heterocycles. The standard InChI is InChI=1S/C20H18N4O6S3/c1-33(29,30)22-18(26)19-21-14(11-32-19)12-4-7-23(8-5-12)6-2-3-13-10-31-16-9-15(25)24(16)17(13)20(27)28/h2-5,7-8,11,16H,6,9-10H2,1H3,(H-,22,26,27,28)/p+1/b3-2+/t16-/m1/s1. The molecule has 0 aliphatic carbocycles. The number of pyridine rings is 1. The number of hydrogen-bond acceptors (Lipinski definition) is 8. The van der Waals surface area contributed by atoms with Gasteiger partial charge in [-0.05, 0) is 11.6 Å². The minimum Gasteiger partial charge on any atom is -0.477 e. The highest BCUT2D eigenvalue weighted by Crippen LogP contribution is 2.40. The predicted octanol–water partition coefficient (Wildman–Crippen LogP) is 0.987. The minimum absolute atomic E-state index is 0.0471. The van der Waals surface area contributed by atoms with E-state index in [0.717, 1.165) is 23.2 Å². The molecule has 1 atom stereocenters. The largest absolute Gasteiger partial charge is 0.477 e. The molecule has 1 fully saturated rings. The van der Waals surface area contributed by atoms with Gasteiger partial charge in [0.25, 0.3) is 5.91 Å². The maximum absolute atomic E-state index is 11.9. The highest BCUT2D eigenvalue weighted by atomic mass is 32.2. The molecule has 0 spiro atoms. The van der Waals surface area contributed by atoms with Crippen molar-refractivity contribution >= 4 is 50.9 Å². The van der Waals surface area contributed by atoms with E-state index in [1.165, 1.54) is 4.90 Å². The fraction of sp³-hybridized carbons (Fsp3) is 0.250. The molecule has 0 bridgehead atoms. The summed E-state index contributed by atoms with van der Waals surface area (Å²) in [7, 11) is -3.66. The van der Waals surface area contributed by atoms with Gasteiger partial charge >= 0.3 is 5.97 Å². The van der Waals surface area contributed by atoms with Crippen LogP contribution in [0, 0.1) is 0 Å². The number of carbonyl (C=O) groups is 3. The molecule has 2 aromatic rings. The summed E-state index contributed by atoms with van der Waals surface area (Å²) in [5, 5.41) is 11.2. The number of sulfonamides is 1. The van der Waals surface area contributed by atoms with Gasteiger partial charge in [0, 0.05) is 28.8 Å². The van der Waals surface area contributed by atoms with E-state index >= 15 is 0 Å². The molecule has 2 aliphatic rings. The molecule has 172 valence electrons. The number of carboxylic acids is 1. The van der Waals surface area contributed by atoms with E-state index in [2.05, 4.69) is 4.98 Å². The quantitative estimate of drug-likeness (QED) is 0.418. The number of aliphatic carboxylic acids is 1. The Kier molecular flexibility index (Phi) is 6.36. The van der Waals surface area contributed by atoms with Gasteiger partial charge in [0.15, 0.2) is 23.9 Å². The molecule has 10 nitrogen and oxygen atoms in total. The monoisotopic (exact) mass is 507 g/mol. The number of carbonyl (C=O) groups excluding carboxylic acids is 2. The van der Waals surface area contributed by atoms with Gasteiger partial charge in [-0.25, -0.2) is 27.5 Å². The van der Waals surface area contributed by atoms with Crippen LogP contribution in [0.3, 0.4) is 0 Å². The molecule has 0 unspecified atom stereocenters. The Morgan fingerprint density at radius 1 is 1.36 bits per heavy atom. The van der Waals surface area contributed by atoms with Crippen molar-refractivity contribution in [2.45, 2.75) is 18.3 Å². The summed E-state index contributed by atoms with van der Waals surface area (Å²) in [6.07, 6.45) is 8.48. The lowest BCUT2D eigenvalue weighted by atomic mass is 10.1. The van der Waals surface area contributed by atoms with E-state index in [1.807, 2.05) is 39.9 Å². The lowest BCUT2D eigenvalue weighted by Gasteiger charge is -2.43. The SMILES string of the molecule is CS(=O)(=O)NC(=O)c1nc(-c2cc[n+](C/C=C/C3=C(C(=O)O)N4C(=O)C[C@H]4SC3)cc2)cs1. The van der Waals surface area contributed by atoms with Crippen molar-refractivity contribution in [3.05, 3.63) is 58.3 Å². The zero-order chi connectivity index (χ0) is 23.8. The molecule has 2 N–H and O–H groups in total. The van der Waals surface area contributed by atoms with Crippen molar-refractivity contribution in [1.82, 2.24) is 14.6 Å². The first-order chi connectivity index (χ1) is 15.6. The zero-order valence-corrected chi connectivity index (χ0v) is 19.7. The Bertz CT molecular complexity index is 1300. The number of carboxylic acid groups (broad SMARTS) is 1. The van der Waals surface area contributed by atoms with E-state index in [-0.39, 0.29) is 22.0 Å². The number of allylic oxidation sites excluding steroid dienone is 2. The van der Waals surface area contributed by atoms with Gasteiger partial charge in [0.1, 0.15) is 5.70 Å². The molecule has 33 heavy (non-hydrogen) atoms. The van der Waals surface area contributed by atoms with Crippen LogP contribution in [-0.2, 0) is 26.2 Å². The van der Waals surface area contributed by atoms with E-state index in [9.17, 15) is 27.9 Å². The maximum atomic E-state index is 11.9. The highest BCUT2D eigenvalue weighted by Gasteiger charge is 2.44. The molecule has 0 saturated carbocycles. The van der Waals surface area contributed by atoms with Crippen LogP contribution in [0.15, 0.2) is 53.3 Å². The first kappa shape index (κ1) is 23.1. The first-order valence-corrected chi connectivity index (χ1v) is 13.5. The number of β-lactam (4-membered cyclic amide) rings is 1. The van der Waals surface area contributed by atoms with Gasteiger partial charge in [-0.15, -0.1) is 23.1 Å². The van der Waals surface area contributed by atoms with E-state index in [4.69, 9.17) is 0 Å². The van der Waals surface area contributed by atoms with Crippen LogP contribution in [-0.4, -0.2) is 58.6 Å². The summed E-state index contributed by atoms with van der Waals surface area (Å²) in [6, 6.07) is 3.62. The summed E-state index contributed by atoms with van der Waals surface area (Å²) in [5.41, 5.74) is 1.97. The van der Waals surface area contributed by atoms with Crippen molar-refractivity contribution in [1.29, 1.82) is 0 Å². The summed E-state index contributed by atoms with van der Waals surface area (Å²) < 4.78 is 26.2. The number of thioether (sulfide) groups is 1. The van der Waals surface area contributed by atoms with E-state index in [0.29, 0.717) is 30.0 Å². The summed E-state index contributed by atoms with van der Waals surface area (Å²) in [6.45, 7) is 0.484. The maximum Gasteiger partial charge on any atom is 0.352 e. The fourth-order valence-electron chi connectivity index (χ4n) is 3.35. The lowest BCUT2D eigenvalue weighted by molar-refractivity contribution is -0.686. The second-order valence-corrected chi connectivity index (χ2v) is 11.1. The van der Waals surface area contributed by atoms with Crippen LogP contribution in [0.2, 0.25) is 0 Å². The highest BCUT2D eigenvalue weighted by molar-refractivity contribution is 8.00. The number of hydrogen-bond donors (Lipinski definition) is 2. The van der Waals surface area contributed by atoms with Gasteiger partial charge in [-0.3, -0.25) is 14.5 Å². The molecule has 0 aromatic carbocycles. The minimum atomic E-state index is -3.66. The van der Waals surface area contributed by atoms with Crippen LogP contribution in [0.5, 0.6) is 0 Å². The predicted molar refractivity (Wildman–Crippen MR) is 122 cm³/mol. The van der Waals surface area contributed by atoms with Crippen molar-refractivity contribution < 1.29 is 32.5 Å². The zero-order valence-electron chi connectivity index (χ0n) is 17.3. The third-order valence-electron chi connectivity index (χ3n) is 4.88. The topological polar surface area (TPSA) is 138 Å². The van der Waals surface area contributed by atoms with E-state index < -0.39 is 21.9 Å². The molecule has 4 rings (SSSR count). The number of nitrogens with one attached hydrogen (secondary N) is 1. The molecule has 2 aliphatic heterocycles. The van der Waals surface area contributed by atoms with E-state index in [1.54, 1.807) is 23.2 Å². The van der Waals surface area contributed by atoms with Crippen LogP contribution >= 0.6 is 23.1 Å². The molecular formula is C20H19N4O6S3+. The molecule has 2 amide bonds. The summed E-state index contributed by atoms with van der Waals surface area (Å²) in [4.78, 5) is 40.9. The van der Waals surface area contributed by atoms with Gasteiger partial charge in [0.2, 0.25) is 15.9 Å². The number of fused-ring (bicyclic) bond motifs is 1. The Balaban J connectivity index is 1.43. The normalized spacial score (nSPS) is 18.3. The van der Waals surface area contributed by atoms with Crippen LogP contribution in [0.4, 0.5) is 0 Å².